The van der Waals surface area contributed by atoms with Crippen molar-refractivity contribution in [3.8, 4) is 0 Å². The molecule has 0 aliphatic carbocycles. The second-order valence-corrected chi connectivity index (χ2v) is 14.1. The fourth-order valence-corrected chi connectivity index (χ4v) is 10.4. The largest absolute Gasteiger partial charge is 0.0867 e. The van der Waals surface area contributed by atoms with Crippen LogP contribution in [0.25, 0.3) is 0 Å². The van der Waals surface area contributed by atoms with E-state index in [0.717, 1.165) is 0 Å². The third-order valence-corrected chi connectivity index (χ3v) is 12.4. The van der Waals surface area contributed by atoms with Crippen LogP contribution in [0.2, 0.25) is 18.1 Å². The van der Waals surface area contributed by atoms with Gasteiger partial charge in [-0.05, 0) is 0 Å². The van der Waals surface area contributed by atoms with Crippen molar-refractivity contribution in [3.05, 3.63) is 30.3 Å². The highest BCUT2D eigenvalue weighted by atomic mass is 28.3. The van der Waals surface area contributed by atoms with E-state index in [9.17, 15) is 0 Å². The summed E-state index contributed by atoms with van der Waals surface area (Å²) in [4.78, 5) is 0. The van der Waals surface area contributed by atoms with E-state index in [1.54, 1.807) is 17.3 Å². The highest BCUT2D eigenvalue weighted by molar-refractivity contribution is 6.91. The van der Waals surface area contributed by atoms with Gasteiger partial charge in [0, 0.05) is 0 Å². The van der Waals surface area contributed by atoms with E-state index in [2.05, 4.69) is 51.1 Å². The maximum absolute atomic E-state index is 2.49. The molecule has 0 saturated heterocycles. The molecule has 0 fully saturated rings. The predicted molar refractivity (Wildman–Crippen MR) is 137 cm³/mol. The van der Waals surface area contributed by atoms with Gasteiger partial charge in [-0.2, -0.15) is 0 Å². The van der Waals surface area contributed by atoms with Gasteiger partial charge in [-0.3, -0.25) is 0 Å². The van der Waals surface area contributed by atoms with Crippen molar-refractivity contribution in [3.63, 3.8) is 0 Å². The summed E-state index contributed by atoms with van der Waals surface area (Å²) in [7, 11) is -1.34. The molecule has 0 spiro atoms. The first-order valence-corrected chi connectivity index (χ1v) is 16.0. The summed E-state index contributed by atoms with van der Waals surface area (Å²) < 4.78 is 0. The van der Waals surface area contributed by atoms with E-state index in [0.29, 0.717) is 0 Å². The van der Waals surface area contributed by atoms with E-state index in [1.165, 1.54) is 109 Å². The van der Waals surface area contributed by atoms with Crippen LogP contribution in [0.15, 0.2) is 30.3 Å². The average molecular weight is 417 g/mol. The van der Waals surface area contributed by atoms with Crippen LogP contribution in [0, 0.1) is 0 Å². The van der Waals surface area contributed by atoms with Gasteiger partial charge in [0.25, 0.3) is 0 Å². The Morgan fingerprint density at radius 3 is 1.28 bits per heavy atom. The van der Waals surface area contributed by atoms with Crippen molar-refractivity contribution in [2.75, 3.05) is 0 Å². The number of rotatable bonds is 20. The zero-order chi connectivity index (χ0) is 21.0. The standard InChI is InChI=1S/C28H52Si/c1-4-7-10-12-14-16-21-26-29(25-9-6-3,28-23-19-18-20-24-28)27-22-17-15-13-11-8-5-2/h18-20,23-24H,4-17,21-22,25-27H2,1-3H3. The fourth-order valence-electron chi connectivity index (χ4n) is 4.96. The minimum absolute atomic E-state index is 1.34. The second-order valence-electron chi connectivity index (χ2n) is 9.49. The predicted octanol–water partition coefficient (Wildman–Crippen LogP) is 9.64. The van der Waals surface area contributed by atoms with Gasteiger partial charge >= 0.3 is 0 Å². The minimum atomic E-state index is -1.34. The molecule has 1 heteroatoms. The van der Waals surface area contributed by atoms with Gasteiger partial charge in [0.15, 0.2) is 0 Å². The Labute approximate surface area is 185 Å². The molecule has 1 aromatic carbocycles. The highest BCUT2D eigenvalue weighted by Gasteiger charge is 2.32. The first-order chi connectivity index (χ1) is 14.3. The molecular formula is C28H52Si. The Bertz CT molecular complexity index is 435. The molecule has 1 aromatic rings. The molecule has 0 radical (unpaired) electrons. The summed E-state index contributed by atoms with van der Waals surface area (Å²) in [5.74, 6) is 0. The molecule has 0 atom stereocenters. The van der Waals surface area contributed by atoms with Gasteiger partial charge in [0.05, 0.1) is 8.07 Å². The molecule has 1 rings (SSSR count). The van der Waals surface area contributed by atoms with Crippen LogP contribution in [-0.4, -0.2) is 8.07 Å². The summed E-state index contributed by atoms with van der Waals surface area (Å²) in [6.07, 6.45) is 23.0. The monoisotopic (exact) mass is 416 g/mol. The van der Waals surface area contributed by atoms with Crippen molar-refractivity contribution < 1.29 is 0 Å². The zero-order valence-corrected chi connectivity index (χ0v) is 21.3. The van der Waals surface area contributed by atoms with Crippen molar-refractivity contribution in [2.45, 2.75) is 142 Å². The van der Waals surface area contributed by atoms with Crippen LogP contribution in [0.3, 0.4) is 0 Å². The molecule has 168 valence electrons. The molecule has 0 heterocycles. The fraction of sp³-hybridized carbons (Fsp3) is 0.786. The molecular weight excluding hydrogens is 364 g/mol. The Balaban J connectivity index is 2.60. The summed E-state index contributed by atoms with van der Waals surface area (Å²) in [6, 6.07) is 16.4. The van der Waals surface area contributed by atoms with Gasteiger partial charge in [0.2, 0.25) is 0 Å². The number of hydrogen-bond acceptors (Lipinski definition) is 0. The Kier molecular flexibility index (Phi) is 16.6. The zero-order valence-electron chi connectivity index (χ0n) is 20.3. The molecule has 0 aliphatic heterocycles. The Hall–Kier alpha value is -0.563. The third-order valence-electron chi connectivity index (χ3n) is 6.91. The maximum atomic E-state index is 2.49. The van der Waals surface area contributed by atoms with Gasteiger partial charge in [-0.25, -0.2) is 0 Å². The van der Waals surface area contributed by atoms with Crippen LogP contribution in [0.4, 0.5) is 0 Å². The first kappa shape index (κ1) is 26.5. The lowest BCUT2D eigenvalue weighted by atomic mass is 10.1. The van der Waals surface area contributed by atoms with Gasteiger partial charge in [0.1, 0.15) is 0 Å². The minimum Gasteiger partial charge on any atom is -0.0654 e. The second kappa shape index (κ2) is 18.2. The maximum Gasteiger partial charge on any atom is 0.0867 e. The van der Waals surface area contributed by atoms with Gasteiger partial charge in [-0.15, -0.1) is 0 Å². The SMILES string of the molecule is CCCCCCCCC[Si](CCCC)(CCCCCCCCC)c1ccccc1. The molecule has 0 bridgehead atoms. The molecule has 0 saturated carbocycles. The van der Waals surface area contributed by atoms with Crippen LogP contribution < -0.4 is 5.19 Å². The molecule has 0 nitrogen and oxygen atoms in total. The normalized spacial score (nSPS) is 11.8. The van der Waals surface area contributed by atoms with Crippen LogP contribution in [0.1, 0.15) is 124 Å². The molecule has 0 aromatic heterocycles. The van der Waals surface area contributed by atoms with Crippen molar-refractivity contribution in [2.24, 2.45) is 0 Å². The summed E-state index contributed by atoms with van der Waals surface area (Å²) in [5, 5.41) is 1.77. The summed E-state index contributed by atoms with van der Waals surface area (Å²) in [6.45, 7) is 7.01. The van der Waals surface area contributed by atoms with Gasteiger partial charge < -0.3 is 0 Å². The molecule has 0 aliphatic rings. The number of unbranched alkanes of at least 4 members (excludes halogenated alkanes) is 13. The van der Waals surface area contributed by atoms with E-state index in [4.69, 9.17) is 0 Å². The summed E-state index contributed by atoms with van der Waals surface area (Å²) >= 11 is 0. The van der Waals surface area contributed by atoms with Crippen molar-refractivity contribution in [1.29, 1.82) is 0 Å². The topological polar surface area (TPSA) is 0 Å². The first-order valence-electron chi connectivity index (χ1n) is 13.3. The highest BCUT2D eigenvalue weighted by Crippen LogP contribution is 2.29. The van der Waals surface area contributed by atoms with E-state index in [-0.39, 0.29) is 0 Å². The molecule has 0 N–H and O–H groups in total. The molecule has 29 heavy (non-hydrogen) atoms. The van der Waals surface area contributed by atoms with Gasteiger partial charge in [-0.1, -0.05) is 177 Å². The van der Waals surface area contributed by atoms with Crippen LogP contribution in [0.5, 0.6) is 0 Å². The lowest BCUT2D eigenvalue weighted by Crippen LogP contribution is -2.47. The van der Waals surface area contributed by atoms with E-state index in [1.807, 2.05) is 0 Å². The lowest BCUT2D eigenvalue weighted by molar-refractivity contribution is 0.594. The molecule has 0 amide bonds. The third kappa shape index (κ3) is 12.0. The number of benzene rings is 1. The summed E-state index contributed by atoms with van der Waals surface area (Å²) in [5.41, 5.74) is 0. The van der Waals surface area contributed by atoms with Crippen molar-refractivity contribution in [1.82, 2.24) is 0 Å². The molecule has 0 unspecified atom stereocenters. The smallest absolute Gasteiger partial charge is 0.0654 e. The lowest BCUT2D eigenvalue weighted by Gasteiger charge is -2.33. The Morgan fingerprint density at radius 2 is 0.828 bits per heavy atom. The quantitative estimate of drug-likeness (QED) is 0.146. The number of hydrogen-bond donors (Lipinski definition) is 0. The van der Waals surface area contributed by atoms with Crippen LogP contribution >= 0.6 is 0 Å². The van der Waals surface area contributed by atoms with E-state index >= 15 is 0 Å². The van der Waals surface area contributed by atoms with Crippen molar-refractivity contribution >= 4 is 13.3 Å². The Morgan fingerprint density at radius 1 is 0.448 bits per heavy atom. The van der Waals surface area contributed by atoms with E-state index < -0.39 is 8.07 Å². The van der Waals surface area contributed by atoms with Crippen LogP contribution in [-0.2, 0) is 0 Å². The average Bonchev–Trinajstić information content (AvgIpc) is 2.76.